The average Bonchev–Trinajstić information content (AvgIpc) is 2.66. The summed E-state index contributed by atoms with van der Waals surface area (Å²) in [6, 6.07) is 6.21. The third-order valence-electron chi connectivity index (χ3n) is 2.37. The number of nitrogens with zero attached hydrogens (tertiary/aromatic N) is 1. The lowest BCUT2D eigenvalue weighted by molar-refractivity contribution is 0.803. The Morgan fingerprint density at radius 3 is 2.56 bits per heavy atom. The van der Waals surface area contributed by atoms with Gasteiger partial charge in [-0.25, -0.2) is 4.98 Å². The van der Waals surface area contributed by atoms with Gasteiger partial charge in [0.2, 0.25) is 0 Å². The zero-order chi connectivity index (χ0) is 13.3. The highest BCUT2D eigenvalue weighted by Crippen LogP contribution is 2.42. The van der Waals surface area contributed by atoms with Crippen molar-refractivity contribution < 1.29 is 0 Å². The minimum Gasteiger partial charge on any atom is -0.249 e. The van der Waals surface area contributed by atoms with Crippen LogP contribution < -0.4 is 0 Å². The predicted molar refractivity (Wildman–Crippen MR) is 82.9 cm³/mol. The monoisotopic (exact) mass is 297 g/mol. The first-order chi connectivity index (χ1) is 8.38. The lowest BCUT2D eigenvalue weighted by atomic mass is 10.1. The average molecular weight is 298 g/mol. The zero-order valence-corrected chi connectivity index (χ0v) is 13.3. The van der Waals surface area contributed by atoms with E-state index in [2.05, 4.69) is 44.0 Å². The van der Waals surface area contributed by atoms with Gasteiger partial charge in [0.25, 0.3) is 0 Å². The van der Waals surface area contributed by atoms with Crippen molar-refractivity contribution >= 4 is 34.7 Å². The van der Waals surface area contributed by atoms with Crippen LogP contribution in [0.3, 0.4) is 0 Å². The molecular formula is C14H16ClNS2. The van der Waals surface area contributed by atoms with Crippen LogP contribution in [0.4, 0.5) is 0 Å². The van der Waals surface area contributed by atoms with Gasteiger partial charge in [-0.15, -0.1) is 23.1 Å². The summed E-state index contributed by atoms with van der Waals surface area (Å²) < 4.78 is 0.158. The van der Waals surface area contributed by atoms with Crippen molar-refractivity contribution in [1.29, 1.82) is 0 Å². The molecule has 0 aliphatic rings. The topological polar surface area (TPSA) is 12.9 Å². The molecule has 1 aromatic heterocycles. The van der Waals surface area contributed by atoms with Crippen LogP contribution in [0.2, 0.25) is 5.02 Å². The molecule has 0 bridgehead atoms. The van der Waals surface area contributed by atoms with E-state index in [9.17, 15) is 0 Å². The summed E-state index contributed by atoms with van der Waals surface area (Å²) in [6.45, 7) is 8.60. The molecule has 1 aromatic carbocycles. The van der Waals surface area contributed by atoms with Gasteiger partial charge in [-0.1, -0.05) is 44.5 Å². The fourth-order valence-electron chi connectivity index (χ4n) is 1.66. The molecule has 0 atom stereocenters. The van der Waals surface area contributed by atoms with Crippen molar-refractivity contribution in [3.8, 4) is 10.4 Å². The first kappa shape index (κ1) is 13.9. The highest BCUT2D eigenvalue weighted by Gasteiger charge is 2.17. The molecule has 0 aliphatic heterocycles. The molecular weight excluding hydrogens is 282 g/mol. The van der Waals surface area contributed by atoms with Crippen LogP contribution in [-0.4, -0.2) is 9.73 Å². The number of thiazole rings is 1. The van der Waals surface area contributed by atoms with Crippen molar-refractivity contribution in [1.82, 2.24) is 4.98 Å². The van der Waals surface area contributed by atoms with E-state index in [0.717, 1.165) is 26.1 Å². The van der Waals surface area contributed by atoms with E-state index in [4.69, 9.17) is 11.6 Å². The molecule has 0 amide bonds. The fourth-order valence-corrected chi connectivity index (χ4v) is 3.89. The second kappa shape index (κ2) is 5.24. The molecule has 0 saturated heterocycles. The molecule has 18 heavy (non-hydrogen) atoms. The summed E-state index contributed by atoms with van der Waals surface area (Å²) in [5.41, 5.74) is 4.00. The Labute approximate surface area is 122 Å². The molecule has 2 rings (SSSR count). The van der Waals surface area contributed by atoms with Gasteiger partial charge in [0.15, 0.2) is 0 Å². The zero-order valence-electron chi connectivity index (χ0n) is 11.0. The van der Waals surface area contributed by atoms with Gasteiger partial charge in [0, 0.05) is 15.2 Å². The van der Waals surface area contributed by atoms with Gasteiger partial charge >= 0.3 is 0 Å². The first-order valence-corrected chi connectivity index (χ1v) is 7.84. The summed E-state index contributed by atoms with van der Waals surface area (Å²) in [6.07, 6.45) is 0. The van der Waals surface area contributed by atoms with Crippen molar-refractivity contribution in [2.24, 2.45) is 0 Å². The SMILES string of the molecule is Cc1ncsc1-c1cccc(SC(C)(C)C)c1Cl. The third kappa shape index (κ3) is 3.08. The van der Waals surface area contributed by atoms with E-state index in [1.54, 1.807) is 23.1 Å². The van der Waals surface area contributed by atoms with Crippen LogP contribution in [-0.2, 0) is 0 Å². The second-order valence-corrected chi connectivity index (χ2v) is 8.20. The van der Waals surface area contributed by atoms with E-state index in [-0.39, 0.29) is 4.75 Å². The molecule has 1 heterocycles. The molecule has 1 nitrogen and oxygen atoms in total. The molecule has 0 aliphatic carbocycles. The largest absolute Gasteiger partial charge is 0.249 e. The maximum atomic E-state index is 6.54. The maximum absolute atomic E-state index is 6.54. The summed E-state index contributed by atoms with van der Waals surface area (Å²) in [5.74, 6) is 0. The molecule has 0 saturated carbocycles. The highest BCUT2D eigenvalue weighted by atomic mass is 35.5. The minimum atomic E-state index is 0.158. The number of thioether (sulfide) groups is 1. The fraction of sp³-hybridized carbons (Fsp3) is 0.357. The standard InChI is InChI=1S/C14H16ClNS2/c1-9-13(17-8-16-9)10-6-5-7-11(12(10)15)18-14(2,3)4/h5-8H,1-4H3. The lowest BCUT2D eigenvalue weighted by Crippen LogP contribution is -2.06. The lowest BCUT2D eigenvalue weighted by Gasteiger charge is -2.19. The van der Waals surface area contributed by atoms with Gasteiger partial charge in [-0.2, -0.15) is 0 Å². The van der Waals surface area contributed by atoms with Crippen molar-refractivity contribution in [3.63, 3.8) is 0 Å². The Kier molecular flexibility index (Phi) is 4.05. The Balaban J connectivity index is 2.46. The Hall–Kier alpha value is -0.510. The molecule has 0 unspecified atom stereocenters. The predicted octanol–water partition coefficient (Wildman–Crippen LogP) is 5.66. The number of halogens is 1. The number of aryl methyl sites for hydroxylation is 1. The van der Waals surface area contributed by atoms with E-state index in [1.807, 2.05) is 12.4 Å². The number of benzene rings is 1. The van der Waals surface area contributed by atoms with Gasteiger partial charge in [-0.3, -0.25) is 0 Å². The van der Waals surface area contributed by atoms with Crippen LogP contribution >= 0.6 is 34.7 Å². The van der Waals surface area contributed by atoms with E-state index >= 15 is 0 Å². The first-order valence-electron chi connectivity index (χ1n) is 5.76. The van der Waals surface area contributed by atoms with Gasteiger partial charge in [-0.05, 0) is 13.0 Å². The number of aromatic nitrogens is 1. The van der Waals surface area contributed by atoms with E-state index in [0.29, 0.717) is 0 Å². The van der Waals surface area contributed by atoms with E-state index < -0.39 is 0 Å². The molecule has 0 fully saturated rings. The summed E-state index contributed by atoms with van der Waals surface area (Å²) >= 11 is 9.97. The van der Waals surface area contributed by atoms with Crippen molar-refractivity contribution in [2.75, 3.05) is 0 Å². The van der Waals surface area contributed by atoms with Crippen LogP contribution in [0.1, 0.15) is 26.5 Å². The maximum Gasteiger partial charge on any atom is 0.0801 e. The summed E-state index contributed by atoms with van der Waals surface area (Å²) in [5, 5.41) is 0.838. The Morgan fingerprint density at radius 1 is 1.28 bits per heavy atom. The highest BCUT2D eigenvalue weighted by molar-refractivity contribution is 8.00. The molecule has 0 spiro atoms. The van der Waals surface area contributed by atoms with Gasteiger partial charge < -0.3 is 0 Å². The molecule has 0 radical (unpaired) electrons. The number of hydrogen-bond acceptors (Lipinski definition) is 3. The van der Waals surface area contributed by atoms with Crippen LogP contribution in [0.25, 0.3) is 10.4 Å². The number of rotatable bonds is 2. The molecule has 0 N–H and O–H groups in total. The van der Waals surface area contributed by atoms with Gasteiger partial charge in [0.1, 0.15) is 0 Å². The quantitative estimate of drug-likeness (QED) is 0.663. The van der Waals surface area contributed by atoms with Gasteiger partial charge in [0.05, 0.1) is 21.1 Å². The smallest absolute Gasteiger partial charge is 0.0801 e. The number of hydrogen-bond donors (Lipinski definition) is 0. The Morgan fingerprint density at radius 2 is 2.00 bits per heavy atom. The third-order valence-corrected chi connectivity index (χ3v) is 5.02. The second-order valence-electron chi connectivity index (χ2n) is 5.10. The molecule has 96 valence electrons. The summed E-state index contributed by atoms with van der Waals surface area (Å²) in [7, 11) is 0. The van der Waals surface area contributed by atoms with Crippen LogP contribution in [0, 0.1) is 6.92 Å². The summed E-state index contributed by atoms with van der Waals surface area (Å²) in [4.78, 5) is 6.59. The van der Waals surface area contributed by atoms with Crippen LogP contribution in [0.5, 0.6) is 0 Å². The van der Waals surface area contributed by atoms with E-state index in [1.165, 1.54) is 0 Å². The molecule has 4 heteroatoms. The Bertz CT molecular complexity index is 555. The normalized spacial score (nSPS) is 11.8. The molecule has 2 aromatic rings. The minimum absolute atomic E-state index is 0.158. The van der Waals surface area contributed by atoms with Crippen molar-refractivity contribution in [2.45, 2.75) is 37.3 Å². The van der Waals surface area contributed by atoms with Crippen LogP contribution in [0.15, 0.2) is 28.6 Å². The van der Waals surface area contributed by atoms with Crippen molar-refractivity contribution in [3.05, 3.63) is 34.4 Å².